The molecule has 6 heteroatoms. The number of rotatable bonds is 5. The molecule has 2 aromatic rings. The first kappa shape index (κ1) is 14.4. The van der Waals surface area contributed by atoms with Crippen LogP contribution in [-0.4, -0.2) is 18.2 Å². The highest BCUT2D eigenvalue weighted by atomic mass is 35.5. The average Bonchev–Trinajstić information content (AvgIpc) is 2.87. The third kappa shape index (κ3) is 3.12. The first-order valence-electron chi connectivity index (χ1n) is 5.92. The van der Waals surface area contributed by atoms with Crippen LogP contribution in [-0.2, 0) is 4.79 Å². The molecule has 0 aliphatic carbocycles. The van der Waals surface area contributed by atoms with Crippen LogP contribution < -0.4 is 10.5 Å². The summed E-state index contributed by atoms with van der Waals surface area (Å²) < 4.78 is 10.6. The van der Waals surface area contributed by atoms with E-state index in [1.807, 2.05) is 0 Å². The lowest BCUT2D eigenvalue weighted by Crippen LogP contribution is -2.14. The second-order valence-corrected chi connectivity index (χ2v) is 4.66. The summed E-state index contributed by atoms with van der Waals surface area (Å²) in [5.41, 5.74) is 6.51. The number of carboxylic acids is 1. The second kappa shape index (κ2) is 5.98. The summed E-state index contributed by atoms with van der Waals surface area (Å²) in [6.07, 6.45) is -0.184. The van der Waals surface area contributed by atoms with E-state index in [0.717, 1.165) is 5.56 Å². The Bertz CT molecular complexity index is 623. The minimum Gasteiger partial charge on any atom is -0.495 e. The molecule has 5 nitrogen and oxygen atoms in total. The molecule has 1 aromatic carbocycles. The Labute approximate surface area is 120 Å². The SMILES string of the molecule is COc1ccc(-c2ccc([C@H](N)CC(=O)O)o2)cc1Cl. The lowest BCUT2D eigenvalue weighted by molar-refractivity contribution is -0.137. The lowest BCUT2D eigenvalue weighted by Gasteiger charge is -2.06. The van der Waals surface area contributed by atoms with Crippen molar-refractivity contribution in [3.8, 4) is 17.1 Å². The predicted molar refractivity (Wildman–Crippen MR) is 74.9 cm³/mol. The van der Waals surface area contributed by atoms with Gasteiger partial charge in [-0.2, -0.15) is 0 Å². The van der Waals surface area contributed by atoms with Gasteiger partial charge in [0.1, 0.15) is 17.3 Å². The molecule has 1 heterocycles. The lowest BCUT2D eigenvalue weighted by atomic mass is 10.1. The monoisotopic (exact) mass is 295 g/mol. The fourth-order valence-electron chi connectivity index (χ4n) is 1.82. The Morgan fingerprint density at radius 3 is 2.80 bits per heavy atom. The fraction of sp³-hybridized carbons (Fsp3) is 0.214. The third-order valence-electron chi connectivity index (χ3n) is 2.82. The molecule has 1 atom stereocenters. The van der Waals surface area contributed by atoms with Crippen LogP contribution in [0.1, 0.15) is 18.2 Å². The van der Waals surface area contributed by atoms with E-state index in [0.29, 0.717) is 22.3 Å². The highest BCUT2D eigenvalue weighted by molar-refractivity contribution is 6.32. The van der Waals surface area contributed by atoms with Gasteiger partial charge in [0, 0.05) is 5.56 Å². The number of benzene rings is 1. The van der Waals surface area contributed by atoms with Crippen LogP contribution in [0.2, 0.25) is 5.02 Å². The second-order valence-electron chi connectivity index (χ2n) is 4.26. The molecule has 1 aromatic heterocycles. The van der Waals surface area contributed by atoms with Gasteiger partial charge in [-0.25, -0.2) is 0 Å². The number of carbonyl (C=O) groups is 1. The summed E-state index contributed by atoms with van der Waals surface area (Å²) in [6, 6.07) is 7.98. The Morgan fingerprint density at radius 2 is 2.20 bits per heavy atom. The average molecular weight is 296 g/mol. The zero-order valence-corrected chi connectivity index (χ0v) is 11.6. The Kier molecular flexibility index (Phi) is 4.32. The van der Waals surface area contributed by atoms with E-state index in [9.17, 15) is 4.79 Å². The number of nitrogens with two attached hydrogens (primary N) is 1. The van der Waals surface area contributed by atoms with Crippen molar-refractivity contribution < 1.29 is 19.1 Å². The largest absolute Gasteiger partial charge is 0.495 e. The van der Waals surface area contributed by atoms with E-state index < -0.39 is 12.0 Å². The summed E-state index contributed by atoms with van der Waals surface area (Å²) in [5, 5.41) is 9.18. The number of hydrogen-bond acceptors (Lipinski definition) is 4. The van der Waals surface area contributed by atoms with E-state index in [2.05, 4.69) is 0 Å². The standard InChI is InChI=1S/C14H14ClNO4/c1-19-12-3-2-8(6-9(12)15)11-4-5-13(20-11)10(16)7-14(17)18/h2-6,10H,7,16H2,1H3,(H,17,18)/t10-/m1/s1. The van der Waals surface area contributed by atoms with Crippen LogP contribution in [0, 0.1) is 0 Å². The molecule has 106 valence electrons. The van der Waals surface area contributed by atoms with E-state index in [-0.39, 0.29) is 6.42 Å². The molecule has 0 spiro atoms. The molecule has 0 aliphatic heterocycles. The summed E-state index contributed by atoms with van der Waals surface area (Å²) in [5.74, 6) is 0.604. The molecule has 0 saturated heterocycles. The Balaban J connectivity index is 2.24. The molecular weight excluding hydrogens is 282 g/mol. The highest BCUT2D eigenvalue weighted by Gasteiger charge is 2.15. The topological polar surface area (TPSA) is 85.7 Å². The summed E-state index contributed by atoms with van der Waals surface area (Å²) in [7, 11) is 1.54. The summed E-state index contributed by atoms with van der Waals surface area (Å²) >= 11 is 6.05. The van der Waals surface area contributed by atoms with Crippen LogP contribution in [0.15, 0.2) is 34.7 Å². The first-order valence-corrected chi connectivity index (χ1v) is 6.30. The van der Waals surface area contributed by atoms with Crippen molar-refractivity contribution in [2.75, 3.05) is 7.11 Å². The van der Waals surface area contributed by atoms with Crippen LogP contribution >= 0.6 is 11.6 Å². The van der Waals surface area contributed by atoms with Crippen molar-refractivity contribution >= 4 is 17.6 Å². The van der Waals surface area contributed by atoms with Crippen LogP contribution in [0.25, 0.3) is 11.3 Å². The molecule has 0 amide bonds. The van der Waals surface area contributed by atoms with Gasteiger partial charge in [0.15, 0.2) is 0 Å². The molecule has 0 radical (unpaired) electrons. The van der Waals surface area contributed by atoms with Crippen LogP contribution in [0.3, 0.4) is 0 Å². The van der Waals surface area contributed by atoms with E-state index >= 15 is 0 Å². The molecule has 20 heavy (non-hydrogen) atoms. The van der Waals surface area contributed by atoms with Gasteiger partial charge >= 0.3 is 5.97 Å². The maximum Gasteiger partial charge on any atom is 0.305 e. The normalized spacial score (nSPS) is 12.2. The van der Waals surface area contributed by atoms with Gasteiger partial charge in [-0.05, 0) is 30.3 Å². The maximum absolute atomic E-state index is 10.6. The quantitative estimate of drug-likeness (QED) is 0.885. The van der Waals surface area contributed by atoms with Crippen LogP contribution in [0.4, 0.5) is 0 Å². The molecule has 0 aliphatic rings. The summed E-state index contributed by atoms with van der Waals surface area (Å²) in [6.45, 7) is 0. The zero-order valence-electron chi connectivity index (χ0n) is 10.8. The number of furan rings is 1. The molecular formula is C14H14ClNO4. The van der Waals surface area contributed by atoms with Gasteiger partial charge in [-0.1, -0.05) is 11.6 Å². The van der Waals surface area contributed by atoms with Crippen molar-refractivity contribution in [2.45, 2.75) is 12.5 Å². The van der Waals surface area contributed by atoms with Crippen molar-refractivity contribution in [1.82, 2.24) is 0 Å². The molecule has 0 bridgehead atoms. The Hall–Kier alpha value is -1.98. The number of aliphatic carboxylic acids is 1. The van der Waals surface area contributed by atoms with Gasteiger partial charge in [0.05, 0.1) is 24.6 Å². The molecule has 3 N–H and O–H groups in total. The smallest absolute Gasteiger partial charge is 0.305 e. The van der Waals surface area contributed by atoms with Gasteiger partial charge in [-0.3, -0.25) is 4.79 Å². The number of halogens is 1. The predicted octanol–water partition coefficient (Wildman–Crippen LogP) is 3.08. The first-order chi connectivity index (χ1) is 9.51. The van der Waals surface area contributed by atoms with Crippen molar-refractivity contribution in [1.29, 1.82) is 0 Å². The summed E-state index contributed by atoms with van der Waals surface area (Å²) in [4.78, 5) is 10.6. The Morgan fingerprint density at radius 1 is 1.45 bits per heavy atom. The van der Waals surface area contributed by atoms with E-state index in [4.69, 9.17) is 31.6 Å². The third-order valence-corrected chi connectivity index (χ3v) is 3.12. The van der Waals surface area contributed by atoms with Gasteiger partial charge in [0.25, 0.3) is 0 Å². The number of carboxylic acid groups (broad SMARTS) is 1. The minimum atomic E-state index is -0.969. The van der Waals surface area contributed by atoms with Gasteiger partial charge in [-0.15, -0.1) is 0 Å². The van der Waals surface area contributed by atoms with Crippen molar-refractivity contribution in [3.63, 3.8) is 0 Å². The molecule has 0 saturated carbocycles. The fourth-order valence-corrected chi connectivity index (χ4v) is 2.07. The van der Waals surface area contributed by atoms with Gasteiger partial charge in [0.2, 0.25) is 0 Å². The van der Waals surface area contributed by atoms with E-state index in [1.165, 1.54) is 7.11 Å². The van der Waals surface area contributed by atoms with E-state index in [1.54, 1.807) is 30.3 Å². The molecule has 0 fully saturated rings. The number of ether oxygens (including phenoxy) is 1. The number of methoxy groups -OCH3 is 1. The molecule has 0 unspecified atom stereocenters. The van der Waals surface area contributed by atoms with Gasteiger partial charge < -0.3 is 20.0 Å². The highest BCUT2D eigenvalue weighted by Crippen LogP contribution is 2.32. The number of hydrogen-bond donors (Lipinski definition) is 2. The zero-order chi connectivity index (χ0) is 14.7. The minimum absolute atomic E-state index is 0.184. The molecule has 2 rings (SSSR count). The van der Waals surface area contributed by atoms with Crippen molar-refractivity contribution in [2.24, 2.45) is 5.73 Å². The van der Waals surface area contributed by atoms with Crippen LogP contribution in [0.5, 0.6) is 5.75 Å². The maximum atomic E-state index is 10.6. The van der Waals surface area contributed by atoms with Crippen molar-refractivity contribution in [3.05, 3.63) is 41.1 Å².